The number of nitrogens with zero attached hydrogens (tertiary/aromatic N) is 1. The molecule has 0 heterocycles. The molecule has 0 aliphatic carbocycles. The number of hydrogen-bond acceptors (Lipinski definition) is 3. The molecule has 0 radical (unpaired) electrons. The van der Waals surface area contributed by atoms with E-state index in [1.807, 2.05) is 6.07 Å². The summed E-state index contributed by atoms with van der Waals surface area (Å²) in [7, 11) is 1.68. The highest BCUT2D eigenvalue weighted by molar-refractivity contribution is 5.24. The highest BCUT2D eigenvalue weighted by atomic mass is 19.1. The Hall–Kier alpha value is -0.970. The average Bonchev–Trinajstić information content (AvgIpc) is 2.33. The second kappa shape index (κ2) is 7.37. The third-order valence-corrected chi connectivity index (χ3v) is 2.72. The van der Waals surface area contributed by atoms with Crippen LogP contribution in [0.15, 0.2) is 18.2 Å². The lowest BCUT2D eigenvalue weighted by Crippen LogP contribution is -2.26. The Labute approximate surface area is 102 Å². The normalized spacial score (nSPS) is 11.1. The second-order valence-corrected chi connectivity index (χ2v) is 4.03. The number of rotatable bonds is 7. The van der Waals surface area contributed by atoms with Crippen LogP contribution < -0.4 is 5.73 Å². The van der Waals surface area contributed by atoms with Gasteiger partial charge in [-0.15, -0.1) is 0 Å². The largest absolute Gasteiger partial charge is 0.383 e. The maximum Gasteiger partial charge on any atom is 0.123 e. The fourth-order valence-corrected chi connectivity index (χ4v) is 1.75. The fourth-order valence-electron chi connectivity index (χ4n) is 1.75. The molecule has 1 aromatic rings. The Morgan fingerprint density at radius 2 is 2.00 bits per heavy atom. The SMILES string of the molecule is CCN(CCOC)Cc1cc(F)cc(CN)c1. The first-order valence-corrected chi connectivity index (χ1v) is 5.89. The van der Waals surface area contributed by atoms with Gasteiger partial charge in [0, 0.05) is 26.7 Å². The van der Waals surface area contributed by atoms with Crippen LogP contribution in [0.25, 0.3) is 0 Å². The Kier molecular flexibility index (Phi) is 6.11. The molecule has 0 aliphatic rings. The van der Waals surface area contributed by atoms with E-state index in [2.05, 4.69) is 11.8 Å². The highest BCUT2D eigenvalue weighted by Gasteiger charge is 2.05. The lowest BCUT2D eigenvalue weighted by molar-refractivity contribution is 0.147. The molecule has 0 amide bonds. The van der Waals surface area contributed by atoms with Gasteiger partial charge in [-0.05, 0) is 29.8 Å². The molecule has 2 N–H and O–H groups in total. The van der Waals surface area contributed by atoms with Crippen LogP contribution in [0.5, 0.6) is 0 Å². The van der Waals surface area contributed by atoms with Crippen molar-refractivity contribution in [1.29, 1.82) is 0 Å². The molecule has 0 aromatic heterocycles. The Morgan fingerprint density at radius 3 is 2.59 bits per heavy atom. The van der Waals surface area contributed by atoms with Gasteiger partial charge in [0.05, 0.1) is 6.61 Å². The Bertz CT molecular complexity index is 344. The van der Waals surface area contributed by atoms with Crippen molar-refractivity contribution in [2.45, 2.75) is 20.0 Å². The van der Waals surface area contributed by atoms with E-state index < -0.39 is 0 Å². The molecule has 1 rings (SSSR count). The van der Waals surface area contributed by atoms with Crippen molar-refractivity contribution in [2.24, 2.45) is 5.73 Å². The van der Waals surface area contributed by atoms with Gasteiger partial charge in [-0.3, -0.25) is 4.90 Å². The zero-order valence-corrected chi connectivity index (χ0v) is 10.6. The number of likely N-dealkylation sites (N-methyl/N-ethyl adjacent to an activating group) is 1. The molecular weight excluding hydrogens is 219 g/mol. The van der Waals surface area contributed by atoms with Gasteiger partial charge in [-0.2, -0.15) is 0 Å². The summed E-state index contributed by atoms with van der Waals surface area (Å²) >= 11 is 0. The van der Waals surface area contributed by atoms with Gasteiger partial charge in [0.2, 0.25) is 0 Å². The lowest BCUT2D eigenvalue weighted by Gasteiger charge is -2.20. The molecule has 3 nitrogen and oxygen atoms in total. The van der Waals surface area contributed by atoms with E-state index >= 15 is 0 Å². The Morgan fingerprint density at radius 1 is 1.29 bits per heavy atom. The zero-order chi connectivity index (χ0) is 12.7. The molecule has 96 valence electrons. The maximum atomic E-state index is 13.3. The van der Waals surface area contributed by atoms with Gasteiger partial charge in [-0.1, -0.05) is 13.0 Å². The van der Waals surface area contributed by atoms with Crippen molar-refractivity contribution in [3.63, 3.8) is 0 Å². The first kappa shape index (κ1) is 14.1. The smallest absolute Gasteiger partial charge is 0.123 e. The van der Waals surface area contributed by atoms with Gasteiger partial charge < -0.3 is 10.5 Å². The van der Waals surface area contributed by atoms with E-state index in [1.165, 1.54) is 6.07 Å². The monoisotopic (exact) mass is 240 g/mol. The minimum absolute atomic E-state index is 0.217. The van der Waals surface area contributed by atoms with Crippen LogP contribution in [-0.4, -0.2) is 31.7 Å². The molecule has 0 atom stereocenters. The van der Waals surface area contributed by atoms with Gasteiger partial charge in [-0.25, -0.2) is 4.39 Å². The molecule has 0 unspecified atom stereocenters. The summed E-state index contributed by atoms with van der Waals surface area (Å²) in [5, 5.41) is 0. The second-order valence-electron chi connectivity index (χ2n) is 4.03. The number of methoxy groups -OCH3 is 1. The van der Waals surface area contributed by atoms with E-state index in [0.29, 0.717) is 13.2 Å². The lowest BCUT2D eigenvalue weighted by atomic mass is 10.1. The number of ether oxygens (including phenoxy) is 1. The summed E-state index contributed by atoms with van der Waals surface area (Å²) in [4.78, 5) is 2.21. The topological polar surface area (TPSA) is 38.5 Å². The molecule has 0 aliphatic heterocycles. The van der Waals surface area contributed by atoms with Crippen LogP contribution in [0.4, 0.5) is 4.39 Å². The predicted molar refractivity (Wildman–Crippen MR) is 67.1 cm³/mol. The Balaban J connectivity index is 2.68. The maximum absolute atomic E-state index is 13.3. The first-order valence-electron chi connectivity index (χ1n) is 5.89. The summed E-state index contributed by atoms with van der Waals surface area (Å²) < 4.78 is 18.4. The highest BCUT2D eigenvalue weighted by Crippen LogP contribution is 2.11. The number of nitrogens with two attached hydrogens (primary N) is 1. The molecule has 4 heteroatoms. The number of hydrogen-bond donors (Lipinski definition) is 1. The number of halogens is 1. The van der Waals surface area contributed by atoms with Gasteiger partial charge in [0.1, 0.15) is 5.82 Å². The molecule has 0 saturated heterocycles. The van der Waals surface area contributed by atoms with E-state index in [0.717, 1.165) is 30.8 Å². The van der Waals surface area contributed by atoms with Gasteiger partial charge >= 0.3 is 0 Å². The summed E-state index contributed by atoms with van der Waals surface area (Å²) in [6.45, 7) is 5.63. The molecular formula is C13H21FN2O. The molecule has 0 saturated carbocycles. The number of benzene rings is 1. The summed E-state index contributed by atoms with van der Waals surface area (Å²) in [6, 6.07) is 5.00. The summed E-state index contributed by atoms with van der Waals surface area (Å²) in [5.74, 6) is -0.217. The standard InChI is InChI=1S/C13H21FN2O/c1-3-16(4-5-17-2)10-12-6-11(9-15)7-13(14)8-12/h6-8H,3-5,9-10,15H2,1-2H3. The van der Waals surface area contributed by atoms with Crippen molar-refractivity contribution in [2.75, 3.05) is 26.8 Å². The van der Waals surface area contributed by atoms with E-state index in [1.54, 1.807) is 13.2 Å². The summed E-state index contributed by atoms with van der Waals surface area (Å²) in [5.41, 5.74) is 7.33. The average molecular weight is 240 g/mol. The van der Waals surface area contributed by atoms with Gasteiger partial charge in [0.25, 0.3) is 0 Å². The molecule has 0 bridgehead atoms. The van der Waals surface area contributed by atoms with Crippen LogP contribution in [0.3, 0.4) is 0 Å². The van der Waals surface area contributed by atoms with Crippen LogP contribution in [0, 0.1) is 5.82 Å². The minimum atomic E-state index is -0.217. The van der Waals surface area contributed by atoms with E-state index in [-0.39, 0.29) is 5.82 Å². The van der Waals surface area contributed by atoms with Crippen molar-refractivity contribution in [3.05, 3.63) is 35.1 Å². The fraction of sp³-hybridized carbons (Fsp3) is 0.538. The summed E-state index contributed by atoms with van der Waals surface area (Å²) in [6.07, 6.45) is 0. The quantitative estimate of drug-likeness (QED) is 0.789. The van der Waals surface area contributed by atoms with Crippen LogP contribution >= 0.6 is 0 Å². The van der Waals surface area contributed by atoms with Crippen LogP contribution in [0.1, 0.15) is 18.1 Å². The molecule has 17 heavy (non-hydrogen) atoms. The molecule has 1 aromatic carbocycles. The molecule has 0 spiro atoms. The van der Waals surface area contributed by atoms with Crippen molar-refractivity contribution in [1.82, 2.24) is 4.90 Å². The van der Waals surface area contributed by atoms with Gasteiger partial charge in [0.15, 0.2) is 0 Å². The van der Waals surface area contributed by atoms with Crippen molar-refractivity contribution >= 4 is 0 Å². The predicted octanol–water partition coefficient (Wildman–Crippen LogP) is 1.75. The van der Waals surface area contributed by atoms with E-state index in [9.17, 15) is 4.39 Å². The van der Waals surface area contributed by atoms with Crippen molar-refractivity contribution < 1.29 is 9.13 Å². The van der Waals surface area contributed by atoms with Crippen molar-refractivity contribution in [3.8, 4) is 0 Å². The van der Waals surface area contributed by atoms with E-state index in [4.69, 9.17) is 10.5 Å². The first-order chi connectivity index (χ1) is 8.19. The minimum Gasteiger partial charge on any atom is -0.383 e. The third kappa shape index (κ3) is 4.81. The zero-order valence-electron chi connectivity index (χ0n) is 10.6. The molecule has 0 fully saturated rings. The van der Waals surface area contributed by atoms with Crippen LogP contribution in [0.2, 0.25) is 0 Å². The van der Waals surface area contributed by atoms with Crippen LogP contribution in [-0.2, 0) is 17.8 Å². The third-order valence-electron chi connectivity index (χ3n) is 2.72.